The van der Waals surface area contributed by atoms with Crippen LogP contribution in [0, 0.1) is 0 Å². The second-order valence-corrected chi connectivity index (χ2v) is 7.57. The molecule has 1 heterocycles. The third-order valence-corrected chi connectivity index (χ3v) is 4.37. The topological polar surface area (TPSA) is 37.8 Å². The maximum absolute atomic E-state index is 4.75. The lowest BCUT2D eigenvalue weighted by Crippen LogP contribution is -2.14. The molecule has 0 fully saturated rings. The van der Waals surface area contributed by atoms with Crippen molar-refractivity contribution < 1.29 is 0 Å². The molecule has 1 N–H and O–H groups in total. The number of thioether (sulfide) groups is 1. The third-order valence-electron chi connectivity index (χ3n) is 3.10. The van der Waals surface area contributed by atoms with E-state index in [4.69, 9.17) is 4.98 Å². The molecule has 1 aromatic rings. The normalized spacial score (nSPS) is 15.3. The Balaban J connectivity index is 2.21. The Morgan fingerprint density at radius 2 is 1.89 bits per heavy atom. The summed E-state index contributed by atoms with van der Waals surface area (Å²) in [6.45, 7) is 6.69. The van der Waals surface area contributed by atoms with E-state index in [0.29, 0.717) is 0 Å². The van der Waals surface area contributed by atoms with Crippen molar-refractivity contribution in [1.82, 2.24) is 9.97 Å². The van der Waals surface area contributed by atoms with Gasteiger partial charge in [-0.05, 0) is 25.7 Å². The van der Waals surface area contributed by atoms with Crippen molar-refractivity contribution in [3.8, 4) is 0 Å². The van der Waals surface area contributed by atoms with Gasteiger partial charge in [-0.2, -0.15) is 0 Å². The molecule has 0 aromatic carbocycles. The number of anilines is 1. The highest BCUT2D eigenvalue weighted by Gasteiger charge is 2.18. The van der Waals surface area contributed by atoms with Crippen molar-refractivity contribution in [3.05, 3.63) is 17.1 Å². The lowest BCUT2D eigenvalue weighted by molar-refractivity contribution is 0.659. The van der Waals surface area contributed by atoms with Crippen LogP contribution in [0.25, 0.3) is 0 Å². The smallest absolute Gasteiger partial charge is 0.140 e. The quantitative estimate of drug-likeness (QED) is 0.908. The molecular formula is C14H23N3S. The zero-order valence-electron chi connectivity index (χ0n) is 11.8. The van der Waals surface area contributed by atoms with Gasteiger partial charge in [-0.15, -0.1) is 11.8 Å². The van der Waals surface area contributed by atoms with E-state index in [1.807, 2.05) is 18.8 Å². The Bertz CT molecular complexity index is 407. The predicted molar refractivity (Wildman–Crippen MR) is 79.3 cm³/mol. The number of hydrogen-bond donors (Lipinski definition) is 1. The Labute approximate surface area is 114 Å². The first kappa shape index (κ1) is 13.7. The van der Waals surface area contributed by atoms with Gasteiger partial charge in [0, 0.05) is 23.1 Å². The molecule has 0 radical (unpaired) electrons. The van der Waals surface area contributed by atoms with Crippen LogP contribution in [0.2, 0.25) is 0 Å². The molecule has 0 spiro atoms. The number of nitrogens with zero attached hydrogens (tertiary/aromatic N) is 2. The molecular weight excluding hydrogens is 242 g/mol. The minimum atomic E-state index is 0.263. The van der Waals surface area contributed by atoms with E-state index >= 15 is 0 Å². The summed E-state index contributed by atoms with van der Waals surface area (Å²) in [4.78, 5) is 9.42. The molecule has 18 heavy (non-hydrogen) atoms. The lowest BCUT2D eigenvalue weighted by Gasteiger charge is -2.20. The monoisotopic (exact) mass is 265 g/mol. The first-order valence-electron chi connectivity index (χ1n) is 6.70. The third kappa shape index (κ3) is 3.37. The number of fused-ring (bicyclic) bond motifs is 1. The summed E-state index contributed by atoms with van der Waals surface area (Å²) >= 11 is 1.90. The zero-order valence-corrected chi connectivity index (χ0v) is 12.7. The molecule has 2 rings (SSSR count). The summed E-state index contributed by atoms with van der Waals surface area (Å²) in [7, 11) is 1.96. The largest absolute Gasteiger partial charge is 0.373 e. The van der Waals surface area contributed by atoms with E-state index in [-0.39, 0.29) is 4.75 Å². The van der Waals surface area contributed by atoms with Gasteiger partial charge >= 0.3 is 0 Å². The van der Waals surface area contributed by atoms with E-state index in [1.165, 1.54) is 24.1 Å². The molecule has 100 valence electrons. The van der Waals surface area contributed by atoms with Crippen molar-refractivity contribution in [2.24, 2.45) is 0 Å². The average molecular weight is 265 g/mol. The minimum Gasteiger partial charge on any atom is -0.373 e. The van der Waals surface area contributed by atoms with Gasteiger partial charge in [0.2, 0.25) is 0 Å². The standard InChI is InChI=1S/C14H23N3S/c1-14(2,3)18-9-12-16-11-8-6-5-7-10(11)13(15-4)17-12/h5-9H2,1-4H3,(H,15,16,17). The van der Waals surface area contributed by atoms with E-state index < -0.39 is 0 Å². The van der Waals surface area contributed by atoms with Crippen molar-refractivity contribution in [1.29, 1.82) is 0 Å². The molecule has 1 aliphatic carbocycles. The summed E-state index contributed by atoms with van der Waals surface area (Å²) < 4.78 is 0.263. The number of rotatable bonds is 3. The molecule has 0 saturated carbocycles. The van der Waals surface area contributed by atoms with Crippen LogP contribution in [0.3, 0.4) is 0 Å². The molecule has 0 unspecified atom stereocenters. The summed E-state index contributed by atoms with van der Waals surface area (Å²) in [6, 6.07) is 0. The fourth-order valence-electron chi connectivity index (χ4n) is 2.20. The van der Waals surface area contributed by atoms with Crippen LogP contribution in [0.15, 0.2) is 0 Å². The van der Waals surface area contributed by atoms with Gasteiger partial charge in [-0.25, -0.2) is 9.97 Å². The first-order chi connectivity index (χ1) is 8.49. The maximum Gasteiger partial charge on any atom is 0.140 e. The van der Waals surface area contributed by atoms with Gasteiger partial charge in [0.1, 0.15) is 11.6 Å². The summed E-state index contributed by atoms with van der Waals surface area (Å²) in [6.07, 6.45) is 4.76. The number of aromatic nitrogens is 2. The van der Waals surface area contributed by atoms with Crippen LogP contribution in [0.5, 0.6) is 0 Å². The Morgan fingerprint density at radius 1 is 1.17 bits per heavy atom. The molecule has 1 aromatic heterocycles. The predicted octanol–water partition coefficient (Wildman–Crippen LogP) is 3.43. The highest BCUT2D eigenvalue weighted by molar-refractivity contribution is 7.99. The van der Waals surface area contributed by atoms with Gasteiger partial charge in [-0.1, -0.05) is 20.8 Å². The second kappa shape index (κ2) is 5.47. The minimum absolute atomic E-state index is 0.263. The van der Waals surface area contributed by atoms with Crippen LogP contribution in [-0.4, -0.2) is 21.8 Å². The Morgan fingerprint density at radius 3 is 2.56 bits per heavy atom. The van der Waals surface area contributed by atoms with Gasteiger partial charge < -0.3 is 5.32 Å². The first-order valence-corrected chi connectivity index (χ1v) is 7.68. The molecule has 4 heteroatoms. The van der Waals surface area contributed by atoms with E-state index in [9.17, 15) is 0 Å². The van der Waals surface area contributed by atoms with E-state index in [1.54, 1.807) is 0 Å². The van der Waals surface area contributed by atoms with Crippen LogP contribution in [0.1, 0.15) is 50.7 Å². The maximum atomic E-state index is 4.75. The lowest BCUT2D eigenvalue weighted by atomic mass is 9.96. The molecule has 0 amide bonds. The highest BCUT2D eigenvalue weighted by atomic mass is 32.2. The summed E-state index contributed by atoms with van der Waals surface area (Å²) in [5.41, 5.74) is 2.61. The van der Waals surface area contributed by atoms with E-state index in [0.717, 1.165) is 30.2 Å². The molecule has 0 bridgehead atoms. The molecule has 1 aliphatic rings. The number of aryl methyl sites for hydroxylation is 1. The average Bonchev–Trinajstić information content (AvgIpc) is 2.34. The van der Waals surface area contributed by atoms with Crippen LogP contribution < -0.4 is 5.32 Å². The van der Waals surface area contributed by atoms with Crippen molar-refractivity contribution in [3.63, 3.8) is 0 Å². The SMILES string of the molecule is CNc1nc(CSC(C)(C)C)nc2c1CCCC2. The number of nitrogens with one attached hydrogen (secondary N) is 1. The van der Waals surface area contributed by atoms with Gasteiger partial charge in [0.05, 0.1) is 5.75 Å². The van der Waals surface area contributed by atoms with Crippen LogP contribution >= 0.6 is 11.8 Å². The van der Waals surface area contributed by atoms with Crippen LogP contribution in [0.4, 0.5) is 5.82 Å². The van der Waals surface area contributed by atoms with Crippen molar-refractivity contribution in [2.45, 2.75) is 57.0 Å². The van der Waals surface area contributed by atoms with Crippen LogP contribution in [-0.2, 0) is 18.6 Å². The highest BCUT2D eigenvalue weighted by Crippen LogP contribution is 2.29. The van der Waals surface area contributed by atoms with Crippen molar-refractivity contribution in [2.75, 3.05) is 12.4 Å². The van der Waals surface area contributed by atoms with Gasteiger partial charge in [0.15, 0.2) is 0 Å². The van der Waals surface area contributed by atoms with E-state index in [2.05, 4.69) is 31.1 Å². The fraction of sp³-hybridized carbons (Fsp3) is 0.714. The molecule has 0 atom stereocenters. The molecule has 0 saturated heterocycles. The zero-order chi connectivity index (χ0) is 13.2. The summed E-state index contributed by atoms with van der Waals surface area (Å²) in [5.74, 6) is 2.91. The summed E-state index contributed by atoms with van der Waals surface area (Å²) in [5, 5.41) is 3.23. The Hall–Kier alpha value is -0.770. The fourth-order valence-corrected chi connectivity index (χ4v) is 2.89. The van der Waals surface area contributed by atoms with Crippen molar-refractivity contribution >= 4 is 17.6 Å². The molecule has 0 aliphatic heterocycles. The second-order valence-electron chi connectivity index (χ2n) is 5.77. The molecule has 3 nitrogen and oxygen atoms in total. The Kier molecular flexibility index (Phi) is 4.15. The van der Waals surface area contributed by atoms with Gasteiger partial charge in [-0.3, -0.25) is 0 Å². The van der Waals surface area contributed by atoms with Gasteiger partial charge in [0.25, 0.3) is 0 Å². The number of hydrogen-bond acceptors (Lipinski definition) is 4.